The minimum atomic E-state index is -0.497. The molecule has 10 heteroatoms. The van der Waals surface area contributed by atoms with Crippen molar-refractivity contribution in [2.75, 3.05) is 11.1 Å². The van der Waals surface area contributed by atoms with Gasteiger partial charge in [-0.1, -0.05) is 0 Å². The quantitative estimate of drug-likeness (QED) is 0.547. The molecule has 3 aromatic heterocycles. The highest BCUT2D eigenvalue weighted by Crippen LogP contribution is 2.41. The van der Waals surface area contributed by atoms with Gasteiger partial charge in [-0.25, -0.2) is 0 Å². The van der Waals surface area contributed by atoms with Crippen LogP contribution in [0.15, 0.2) is 15.1 Å². The molecule has 3 N–H and O–H groups in total. The number of thioether (sulfide) groups is 1. The molecule has 1 amide bonds. The van der Waals surface area contributed by atoms with Crippen LogP contribution in [-0.2, 0) is 17.6 Å². The summed E-state index contributed by atoms with van der Waals surface area (Å²) < 4.78 is 0.944. The third-order valence-corrected chi connectivity index (χ3v) is 8.05. The molecule has 3 heterocycles. The van der Waals surface area contributed by atoms with E-state index in [-0.39, 0.29) is 28.5 Å². The molecule has 3 aromatic rings. The fraction of sp³-hybridized carbons (Fsp3) is 0.222. The number of aromatic amines is 1. The third kappa shape index (κ3) is 3.16. The van der Waals surface area contributed by atoms with E-state index in [9.17, 15) is 25.2 Å². The number of amides is 1. The molecule has 0 saturated heterocycles. The molecule has 1 aliphatic carbocycles. The number of anilines is 1. The number of fused-ring (bicyclic) bond motifs is 2. The summed E-state index contributed by atoms with van der Waals surface area (Å²) in [5.41, 5.74) is 1.62. The first-order valence-electron chi connectivity index (χ1n) is 8.28. The molecule has 1 aliphatic rings. The van der Waals surface area contributed by atoms with Gasteiger partial charge in [0.25, 0.3) is 5.56 Å². The summed E-state index contributed by atoms with van der Waals surface area (Å²) in [6, 6.07) is 5.27. The van der Waals surface area contributed by atoms with Gasteiger partial charge in [-0.05, 0) is 24.8 Å². The number of hydrogen-bond donors (Lipinski definition) is 3. The number of carbonyl (C=O) groups is 1. The summed E-state index contributed by atoms with van der Waals surface area (Å²) in [6.45, 7) is 0. The molecule has 0 bridgehead atoms. The number of aromatic hydroxyl groups is 1. The first-order valence-corrected chi connectivity index (χ1v) is 10.9. The fourth-order valence-electron chi connectivity index (χ4n) is 3.17. The Hall–Kier alpha value is -2.79. The maximum Gasteiger partial charge on any atom is 0.252 e. The van der Waals surface area contributed by atoms with Crippen LogP contribution in [0.2, 0.25) is 0 Å². The van der Waals surface area contributed by atoms with E-state index in [4.69, 9.17) is 0 Å². The van der Waals surface area contributed by atoms with Crippen LogP contribution in [0.5, 0.6) is 5.75 Å². The van der Waals surface area contributed by atoms with Gasteiger partial charge in [-0.15, -0.1) is 34.4 Å². The van der Waals surface area contributed by atoms with Crippen molar-refractivity contribution in [1.82, 2.24) is 4.98 Å². The summed E-state index contributed by atoms with van der Waals surface area (Å²) in [5, 5.41) is 32.1. The predicted molar refractivity (Wildman–Crippen MR) is 109 cm³/mol. The largest absolute Gasteiger partial charge is 0.506 e. The van der Waals surface area contributed by atoms with E-state index < -0.39 is 5.56 Å². The lowest BCUT2D eigenvalue weighted by atomic mass is 10.1. The molecule has 0 aromatic carbocycles. The van der Waals surface area contributed by atoms with Crippen LogP contribution in [-0.4, -0.2) is 21.8 Å². The number of H-pyrrole nitrogens is 1. The van der Waals surface area contributed by atoms with Crippen molar-refractivity contribution in [3.8, 4) is 17.9 Å². The van der Waals surface area contributed by atoms with E-state index in [2.05, 4.69) is 16.4 Å². The van der Waals surface area contributed by atoms with Crippen LogP contribution in [0.25, 0.3) is 10.2 Å². The van der Waals surface area contributed by atoms with E-state index in [1.54, 1.807) is 0 Å². The number of rotatable bonds is 4. The van der Waals surface area contributed by atoms with Crippen molar-refractivity contribution in [3.63, 3.8) is 0 Å². The van der Waals surface area contributed by atoms with Crippen LogP contribution in [0.4, 0.5) is 5.00 Å². The number of carbonyl (C=O) groups excluding carboxylic acids is 1. The zero-order valence-corrected chi connectivity index (χ0v) is 16.7. The lowest BCUT2D eigenvalue weighted by Gasteiger charge is -2.03. The molecule has 4 rings (SSSR count). The summed E-state index contributed by atoms with van der Waals surface area (Å²) in [7, 11) is 0. The van der Waals surface area contributed by atoms with Gasteiger partial charge >= 0.3 is 0 Å². The van der Waals surface area contributed by atoms with Crippen LogP contribution < -0.4 is 10.9 Å². The Kier molecular flexibility index (Phi) is 4.85. The maximum absolute atomic E-state index is 12.4. The highest BCUT2D eigenvalue weighted by atomic mass is 32.2. The fourth-order valence-corrected chi connectivity index (χ4v) is 6.57. The SMILES string of the molecule is N#Cc1c(NC(=O)CSc2sc3c(O)cc(=O)[nH]c3c2C#N)sc2c1CCC2. The van der Waals surface area contributed by atoms with E-state index in [1.807, 2.05) is 6.07 Å². The topological polar surface area (TPSA) is 130 Å². The Bertz CT molecular complexity index is 1260. The minimum absolute atomic E-state index is 0.0416. The number of aromatic nitrogens is 1. The van der Waals surface area contributed by atoms with Crippen LogP contribution in [0, 0.1) is 22.7 Å². The molecule has 0 unspecified atom stereocenters. The van der Waals surface area contributed by atoms with Gasteiger partial charge in [-0.2, -0.15) is 10.5 Å². The predicted octanol–water partition coefficient (Wildman–Crippen LogP) is 3.32. The van der Waals surface area contributed by atoms with E-state index in [0.717, 1.165) is 58.9 Å². The summed E-state index contributed by atoms with van der Waals surface area (Å²) in [4.78, 5) is 27.7. The van der Waals surface area contributed by atoms with Crippen molar-refractivity contribution in [2.45, 2.75) is 23.5 Å². The first kappa shape index (κ1) is 18.6. The van der Waals surface area contributed by atoms with Crippen molar-refractivity contribution in [3.05, 3.63) is 38.0 Å². The number of pyridine rings is 1. The van der Waals surface area contributed by atoms with Crippen LogP contribution >= 0.6 is 34.4 Å². The number of hydrogen-bond acceptors (Lipinski definition) is 8. The number of nitrogens with zero attached hydrogens (tertiary/aromatic N) is 2. The lowest BCUT2D eigenvalue weighted by Crippen LogP contribution is -2.14. The number of nitrogens with one attached hydrogen (secondary N) is 2. The average Bonchev–Trinajstić information content (AvgIpc) is 3.32. The molecule has 7 nitrogen and oxygen atoms in total. The molecular weight excluding hydrogens is 416 g/mol. The molecule has 0 aliphatic heterocycles. The average molecular weight is 429 g/mol. The molecule has 140 valence electrons. The van der Waals surface area contributed by atoms with Gasteiger partial charge in [0.2, 0.25) is 5.91 Å². The monoisotopic (exact) mass is 428 g/mol. The first-order chi connectivity index (χ1) is 13.5. The summed E-state index contributed by atoms with van der Waals surface area (Å²) in [6.07, 6.45) is 2.85. The smallest absolute Gasteiger partial charge is 0.252 e. The van der Waals surface area contributed by atoms with E-state index in [1.165, 1.54) is 11.3 Å². The molecule has 0 radical (unpaired) electrons. The number of nitriles is 2. The molecule has 0 atom stereocenters. The molecule has 0 spiro atoms. The molecule has 28 heavy (non-hydrogen) atoms. The zero-order chi connectivity index (χ0) is 19.8. The second-order valence-corrected chi connectivity index (χ2v) is 9.48. The second-order valence-electron chi connectivity index (χ2n) is 6.11. The normalized spacial score (nSPS) is 12.5. The number of thiophene rings is 2. The molecule has 0 saturated carbocycles. The second kappa shape index (κ2) is 7.32. The van der Waals surface area contributed by atoms with Gasteiger partial charge in [0.05, 0.1) is 25.7 Å². The summed E-state index contributed by atoms with van der Waals surface area (Å²) in [5.74, 6) is -0.427. The van der Waals surface area contributed by atoms with Crippen molar-refractivity contribution >= 4 is 55.6 Å². The molecular formula is C18H12N4O3S3. The Balaban J connectivity index is 1.53. The van der Waals surface area contributed by atoms with Crippen molar-refractivity contribution in [2.24, 2.45) is 0 Å². The zero-order valence-electron chi connectivity index (χ0n) is 14.3. The third-order valence-electron chi connectivity index (χ3n) is 4.36. The Morgan fingerprint density at radius 3 is 2.82 bits per heavy atom. The van der Waals surface area contributed by atoms with Gasteiger partial charge < -0.3 is 15.4 Å². The highest BCUT2D eigenvalue weighted by molar-refractivity contribution is 8.02. The Morgan fingerprint density at radius 1 is 1.29 bits per heavy atom. The maximum atomic E-state index is 12.4. The highest BCUT2D eigenvalue weighted by Gasteiger charge is 2.23. The van der Waals surface area contributed by atoms with Crippen molar-refractivity contribution in [1.29, 1.82) is 10.5 Å². The summed E-state index contributed by atoms with van der Waals surface area (Å²) >= 11 is 3.76. The van der Waals surface area contributed by atoms with Gasteiger partial charge in [0.15, 0.2) is 0 Å². The van der Waals surface area contributed by atoms with E-state index in [0.29, 0.717) is 19.5 Å². The van der Waals surface area contributed by atoms with Gasteiger partial charge in [-0.3, -0.25) is 9.59 Å². The van der Waals surface area contributed by atoms with Gasteiger partial charge in [0, 0.05) is 10.9 Å². The Labute approximate surface area is 171 Å². The Morgan fingerprint density at radius 2 is 2.07 bits per heavy atom. The lowest BCUT2D eigenvalue weighted by molar-refractivity contribution is -0.113. The van der Waals surface area contributed by atoms with Crippen LogP contribution in [0.1, 0.15) is 28.0 Å². The van der Waals surface area contributed by atoms with Crippen LogP contribution in [0.3, 0.4) is 0 Å². The number of aryl methyl sites for hydroxylation is 1. The van der Waals surface area contributed by atoms with E-state index >= 15 is 0 Å². The standard InChI is InChI=1S/C18H12N4O3S3/c19-5-9-8-2-1-3-12(8)27-17(9)22-14(25)7-26-18-10(6-20)15-16(28-18)11(23)4-13(24)21-15/h4H,1-3,7H2,(H,22,25)(H2,21,23,24). The molecule has 0 fully saturated rings. The van der Waals surface area contributed by atoms with Crippen molar-refractivity contribution < 1.29 is 9.90 Å². The minimum Gasteiger partial charge on any atom is -0.506 e. The van der Waals surface area contributed by atoms with Gasteiger partial charge in [0.1, 0.15) is 28.5 Å².